The van der Waals surface area contributed by atoms with Crippen LogP contribution < -0.4 is 20.3 Å². The Hall–Kier alpha value is -2.87. The van der Waals surface area contributed by atoms with Crippen molar-refractivity contribution >= 4 is 17.5 Å². The minimum atomic E-state index is -0.928. The van der Waals surface area contributed by atoms with Gasteiger partial charge in [-0.15, -0.1) is 0 Å². The Morgan fingerprint density at radius 2 is 2.16 bits per heavy atom. The first-order valence-corrected chi connectivity index (χ1v) is 7.68. The largest absolute Gasteiger partial charge is 0.491 e. The van der Waals surface area contributed by atoms with Crippen LogP contribution in [-0.2, 0) is 0 Å². The maximum Gasteiger partial charge on any atom is 0.319 e. The van der Waals surface area contributed by atoms with Gasteiger partial charge in [0.25, 0.3) is 0 Å². The molecule has 2 amide bonds. The molecule has 0 saturated carbocycles. The molecular weight excluding hydrogens is 327 g/mol. The number of amides is 2. The summed E-state index contributed by atoms with van der Waals surface area (Å²) in [7, 11) is 3.74. The summed E-state index contributed by atoms with van der Waals surface area (Å²) >= 11 is 0. The second-order valence-electron chi connectivity index (χ2n) is 5.56. The number of rotatable bonds is 7. The summed E-state index contributed by atoms with van der Waals surface area (Å²) in [6.07, 6.45) is 0.613. The first kappa shape index (κ1) is 18.5. The number of ether oxygens (including phenoxy) is 1. The summed E-state index contributed by atoms with van der Waals surface area (Å²) < 4.78 is 18.3. The predicted molar refractivity (Wildman–Crippen MR) is 93.5 cm³/mol. The van der Waals surface area contributed by atoms with Gasteiger partial charge in [0, 0.05) is 26.7 Å². The number of aliphatic hydroxyl groups is 1. The molecule has 1 atom stereocenters. The molecule has 1 heterocycles. The lowest BCUT2D eigenvalue weighted by atomic mass is 10.3. The molecule has 1 aromatic heterocycles. The van der Waals surface area contributed by atoms with Crippen molar-refractivity contribution in [1.29, 1.82) is 0 Å². The number of aliphatic hydroxyl groups excluding tert-OH is 1. The fourth-order valence-corrected chi connectivity index (χ4v) is 1.92. The maximum atomic E-state index is 13.0. The topological polar surface area (TPSA) is 86.7 Å². The molecule has 0 saturated heterocycles. The van der Waals surface area contributed by atoms with Gasteiger partial charge in [-0.25, -0.2) is 14.2 Å². The lowest BCUT2D eigenvalue weighted by Crippen LogP contribution is -2.37. The van der Waals surface area contributed by atoms with Crippen LogP contribution in [0.5, 0.6) is 5.75 Å². The molecule has 0 unspecified atom stereocenters. The predicted octanol–water partition coefficient (Wildman–Crippen LogP) is 1.85. The molecule has 0 bridgehead atoms. The Labute approximate surface area is 145 Å². The SMILES string of the molecule is CN(C)c1ccc(NC(=O)NC[C@H](O)COc2cccc(F)c2)cn1. The van der Waals surface area contributed by atoms with E-state index in [1.54, 1.807) is 24.4 Å². The number of pyridine rings is 1. The second kappa shape index (κ2) is 8.84. The van der Waals surface area contributed by atoms with Crippen molar-refractivity contribution in [1.82, 2.24) is 10.3 Å². The molecule has 2 rings (SSSR count). The van der Waals surface area contributed by atoms with Crippen molar-refractivity contribution in [3.05, 3.63) is 48.4 Å². The third kappa shape index (κ3) is 6.27. The van der Waals surface area contributed by atoms with Gasteiger partial charge in [0.05, 0.1) is 11.9 Å². The average Bonchev–Trinajstić information content (AvgIpc) is 2.58. The van der Waals surface area contributed by atoms with Gasteiger partial charge in [-0.05, 0) is 24.3 Å². The number of halogens is 1. The van der Waals surface area contributed by atoms with E-state index < -0.39 is 18.0 Å². The molecule has 0 spiro atoms. The van der Waals surface area contributed by atoms with Crippen molar-refractivity contribution in [3.8, 4) is 5.75 Å². The molecule has 0 radical (unpaired) electrons. The average molecular weight is 348 g/mol. The fraction of sp³-hybridized carbons (Fsp3) is 0.294. The summed E-state index contributed by atoms with van der Waals surface area (Å²) in [6, 6.07) is 8.65. The number of hydrogen-bond acceptors (Lipinski definition) is 5. The summed E-state index contributed by atoms with van der Waals surface area (Å²) in [6.45, 7) is -0.0762. The van der Waals surface area contributed by atoms with E-state index in [1.807, 2.05) is 19.0 Å². The van der Waals surface area contributed by atoms with Crippen LogP contribution in [0.15, 0.2) is 42.6 Å². The van der Waals surface area contributed by atoms with Crippen LogP contribution in [0.4, 0.5) is 20.7 Å². The summed E-state index contributed by atoms with van der Waals surface area (Å²) in [5, 5.41) is 14.9. The number of nitrogens with one attached hydrogen (secondary N) is 2. The highest BCUT2D eigenvalue weighted by Gasteiger charge is 2.09. The summed E-state index contributed by atoms with van der Waals surface area (Å²) in [5.74, 6) is 0.671. The third-order valence-corrected chi connectivity index (χ3v) is 3.20. The quantitative estimate of drug-likeness (QED) is 0.711. The number of aromatic nitrogens is 1. The lowest BCUT2D eigenvalue weighted by Gasteiger charge is -2.14. The third-order valence-electron chi connectivity index (χ3n) is 3.20. The highest BCUT2D eigenvalue weighted by molar-refractivity contribution is 5.89. The van der Waals surface area contributed by atoms with Gasteiger partial charge in [-0.2, -0.15) is 0 Å². The van der Waals surface area contributed by atoms with Gasteiger partial charge < -0.3 is 25.4 Å². The molecule has 0 aliphatic carbocycles. The van der Waals surface area contributed by atoms with Crippen LogP contribution in [0.25, 0.3) is 0 Å². The Morgan fingerprint density at radius 1 is 1.36 bits per heavy atom. The molecule has 8 heteroatoms. The van der Waals surface area contributed by atoms with Crippen LogP contribution >= 0.6 is 0 Å². The minimum absolute atomic E-state index is 0.00956. The molecule has 7 nitrogen and oxygen atoms in total. The zero-order valence-electron chi connectivity index (χ0n) is 14.1. The van der Waals surface area contributed by atoms with Crippen LogP contribution in [0, 0.1) is 5.82 Å². The first-order chi connectivity index (χ1) is 11.9. The Morgan fingerprint density at radius 3 is 2.80 bits per heavy atom. The van der Waals surface area contributed by atoms with Gasteiger partial charge in [0.15, 0.2) is 0 Å². The van der Waals surface area contributed by atoms with Gasteiger partial charge >= 0.3 is 6.03 Å². The van der Waals surface area contributed by atoms with Gasteiger partial charge in [0.2, 0.25) is 0 Å². The Kier molecular flexibility index (Phi) is 6.53. The van der Waals surface area contributed by atoms with Crippen molar-refractivity contribution < 1.29 is 19.0 Å². The monoisotopic (exact) mass is 348 g/mol. The molecule has 0 aliphatic rings. The van der Waals surface area contributed by atoms with Crippen molar-refractivity contribution in [2.45, 2.75) is 6.10 Å². The molecule has 25 heavy (non-hydrogen) atoms. The molecule has 134 valence electrons. The van der Waals surface area contributed by atoms with E-state index in [-0.39, 0.29) is 13.2 Å². The molecule has 3 N–H and O–H groups in total. The Balaban J connectivity index is 1.71. The lowest BCUT2D eigenvalue weighted by molar-refractivity contribution is 0.108. The van der Waals surface area contributed by atoms with Crippen molar-refractivity contribution in [3.63, 3.8) is 0 Å². The number of hydrogen-bond donors (Lipinski definition) is 3. The van der Waals surface area contributed by atoms with Crippen LogP contribution in [0.1, 0.15) is 0 Å². The van der Waals surface area contributed by atoms with E-state index in [2.05, 4.69) is 15.6 Å². The van der Waals surface area contributed by atoms with Crippen LogP contribution in [0.2, 0.25) is 0 Å². The smallest absolute Gasteiger partial charge is 0.319 e. The second-order valence-corrected chi connectivity index (χ2v) is 5.56. The normalized spacial score (nSPS) is 11.5. The number of benzene rings is 1. The van der Waals surface area contributed by atoms with Crippen molar-refractivity contribution in [2.24, 2.45) is 0 Å². The van der Waals surface area contributed by atoms with Gasteiger partial charge in [-0.3, -0.25) is 0 Å². The summed E-state index contributed by atoms with van der Waals surface area (Å²) in [5.41, 5.74) is 0.536. The van der Waals surface area contributed by atoms with E-state index in [1.165, 1.54) is 18.2 Å². The fourth-order valence-electron chi connectivity index (χ4n) is 1.92. The van der Waals surface area contributed by atoms with Gasteiger partial charge in [-0.1, -0.05) is 6.07 Å². The summed E-state index contributed by atoms with van der Waals surface area (Å²) in [4.78, 5) is 17.8. The van der Waals surface area contributed by atoms with E-state index >= 15 is 0 Å². The van der Waals surface area contributed by atoms with Crippen LogP contribution in [0.3, 0.4) is 0 Å². The molecule has 0 aliphatic heterocycles. The molecular formula is C17H21FN4O3. The van der Waals surface area contributed by atoms with Crippen molar-refractivity contribution in [2.75, 3.05) is 37.5 Å². The standard InChI is InChI=1S/C17H21FN4O3/c1-22(2)16-7-6-13(9-19-16)21-17(24)20-10-14(23)11-25-15-5-3-4-12(18)8-15/h3-9,14,23H,10-11H2,1-2H3,(H2,20,21,24)/t14-/m0/s1. The van der Waals surface area contributed by atoms with E-state index in [0.29, 0.717) is 11.4 Å². The Bertz CT molecular complexity index is 695. The van der Waals surface area contributed by atoms with E-state index in [9.17, 15) is 14.3 Å². The maximum absolute atomic E-state index is 13.0. The first-order valence-electron chi connectivity index (χ1n) is 7.68. The van der Waals surface area contributed by atoms with Gasteiger partial charge in [0.1, 0.15) is 30.1 Å². The highest BCUT2D eigenvalue weighted by atomic mass is 19.1. The zero-order chi connectivity index (χ0) is 18.2. The van der Waals surface area contributed by atoms with Crippen LogP contribution in [-0.4, -0.2) is 49.5 Å². The number of nitrogens with zero attached hydrogens (tertiary/aromatic N) is 2. The minimum Gasteiger partial charge on any atom is -0.491 e. The number of anilines is 2. The molecule has 1 aromatic carbocycles. The number of urea groups is 1. The molecule has 2 aromatic rings. The number of carbonyl (C=O) groups is 1. The highest BCUT2D eigenvalue weighted by Crippen LogP contribution is 2.12. The van der Waals surface area contributed by atoms with E-state index in [0.717, 1.165) is 5.82 Å². The number of carbonyl (C=O) groups excluding carboxylic acids is 1. The van der Waals surface area contributed by atoms with E-state index in [4.69, 9.17) is 4.74 Å². The molecule has 0 fully saturated rings. The zero-order valence-corrected chi connectivity index (χ0v) is 14.1.